The molecule has 0 radical (unpaired) electrons. The number of hydrogen-bond acceptors (Lipinski definition) is 0. The van der Waals surface area contributed by atoms with Gasteiger partial charge in [0.2, 0.25) is 0 Å². The molecule has 0 amide bonds. The van der Waals surface area contributed by atoms with E-state index in [9.17, 15) is 0 Å². The minimum Gasteiger partial charge on any atom is -0.234 e. The van der Waals surface area contributed by atoms with Gasteiger partial charge in [-0.05, 0) is 18.4 Å². The number of imidazole rings is 1. The summed E-state index contributed by atoms with van der Waals surface area (Å²) in [6, 6.07) is 10.8. The monoisotopic (exact) mass is 299 g/mol. The van der Waals surface area contributed by atoms with Crippen LogP contribution in [0, 0.1) is 0 Å². The number of aryl methyl sites for hydroxylation is 1. The van der Waals surface area contributed by atoms with Gasteiger partial charge < -0.3 is 0 Å². The lowest BCUT2D eigenvalue weighted by Gasteiger charge is -2.06. The smallest absolute Gasteiger partial charge is 0.234 e. The molecule has 0 fully saturated rings. The first kappa shape index (κ1) is 16.8. The largest absolute Gasteiger partial charge is 0.256 e. The van der Waals surface area contributed by atoms with Crippen molar-refractivity contribution in [2.75, 3.05) is 0 Å². The van der Waals surface area contributed by atoms with E-state index >= 15 is 0 Å². The molecular weight excluding hydrogens is 268 g/mol. The van der Waals surface area contributed by atoms with Crippen molar-refractivity contribution in [3.05, 3.63) is 54.1 Å². The van der Waals surface area contributed by atoms with Crippen LogP contribution in [0.3, 0.4) is 0 Å². The first-order valence-corrected chi connectivity index (χ1v) is 8.96. The Labute approximate surface area is 135 Å². The zero-order valence-corrected chi connectivity index (χ0v) is 14.3. The number of unbranched alkanes of at least 4 members (excludes halogenated alkanes) is 4. The Bertz CT molecular complexity index is 528. The summed E-state index contributed by atoms with van der Waals surface area (Å²) in [5, 5.41) is 0. The topological polar surface area (TPSA) is 8.81 Å². The summed E-state index contributed by atoms with van der Waals surface area (Å²) in [6.45, 7) is 6.69. The van der Waals surface area contributed by atoms with Crippen molar-refractivity contribution in [2.24, 2.45) is 0 Å². The molecule has 0 N–H and O–H groups in total. The molecule has 2 rings (SSSR count). The Morgan fingerprint density at radius 1 is 0.909 bits per heavy atom. The van der Waals surface area contributed by atoms with Crippen molar-refractivity contribution in [2.45, 2.75) is 71.9 Å². The molecule has 0 spiro atoms. The van der Waals surface area contributed by atoms with Crippen LogP contribution in [0.4, 0.5) is 0 Å². The molecule has 0 aliphatic rings. The van der Waals surface area contributed by atoms with Gasteiger partial charge >= 0.3 is 0 Å². The van der Waals surface area contributed by atoms with Crippen LogP contribution in [-0.4, -0.2) is 4.57 Å². The van der Waals surface area contributed by atoms with E-state index in [0.717, 1.165) is 13.1 Å². The molecule has 2 heteroatoms. The molecule has 2 nitrogen and oxygen atoms in total. The normalized spacial score (nSPS) is 11.0. The lowest BCUT2D eigenvalue weighted by atomic mass is 10.1. The molecular formula is C20H31N2+. The number of hydrogen-bond donors (Lipinski definition) is 0. The molecule has 22 heavy (non-hydrogen) atoms. The standard InChI is InChI=1S/C20H31N2/c1-3-5-7-11-14-20-21(15-6-4-2)16-17-22(20)18-19-12-9-8-10-13-19/h8-10,12-13,16-17H,3-7,11,14-15,18H2,1-2H3/q+1. The minimum absolute atomic E-state index is 0.989. The van der Waals surface area contributed by atoms with Gasteiger partial charge in [0.1, 0.15) is 18.9 Å². The summed E-state index contributed by atoms with van der Waals surface area (Å²) in [4.78, 5) is 0. The highest BCUT2D eigenvalue weighted by Crippen LogP contribution is 2.09. The number of rotatable bonds is 10. The van der Waals surface area contributed by atoms with Crippen LogP contribution >= 0.6 is 0 Å². The summed E-state index contributed by atoms with van der Waals surface area (Å²) in [6.07, 6.45) is 13.6. The Kier molecular flexibility index (Phi) is 7.21. The number of aromatic nitrogens is 2. The van der Waals surface area contributed by atoms with E-state index in [2.05, 4.69) is 65.7 Å². The van der Waals surface area contributed by atoms with E-state index in [1.807, 2.05) is 0 Å². The van der Waals surface area contributed by atoms with Crippen LogP contribution in [0.5, 0.6) is 0 Å². The van der Waals surface area contributed by atoms with E-state index in [4.69, 9.17) is 0 Å². The SMILES string of the molecule is CCCCCCc1n(Cc2ccccc2)cc[n+]1CCCC. The zero-order valence-electron chi connectivity index (χ0n) is 14.3. The van der Waals surface area contributed by atoms with Crippen LogP contribution in [0.25, 0.3) is 0 Å². The van der Waals surface area contributed by atoms with Gasteiger partial charge in [-0.1, -0.05) is 69.9 Å². The Morgan fingerprint density at radius 2 is 1.68 bits per heavy atom. The molecule has 1 heterocycles. The second-order valence-electron chi connectivity index (χ2n) is 6.19. The molecule has 120 valence electrons. The minimum atomic E-state index is 0.989. The highest BCUT2D eigenvalue weighted by atomic mass is 15.1. The first-order valence-electron chi connectivity index (χ1n) is 8.96. The lowest BCUT2D eigenvalue weighted by Crippen LogP contribution is -2.37. The van der Waals surface area contributed by atoms with E-state index in [0.29, 0.717) is 0 Å². The second kappa shape index (κ2) is 9.45. The Balaban J connectivity index is 2.08. The fourth-order valence-corrected chi connectivity index (χ4v) is 2.95. The molecule has 2 aromatic rings. The molecule has 1 aromatic heterocycles. The van der Waals surface area contributed by atoms with Crippen LogP contribution in [0.2, 0.25) is 0 Å². The highest BCUT2D eigenvalue weighted by molar-refractivity contribution is 5.15. The molecule has 0 unspecified atom stereocenters. The molecule has 0 aliphatic carbocycles. The van der Waals surface area contributed by atoms with Crippen LogP contribution < -0.4 is 4.57 Å². The average molecular weight is 299 g/mol. The average Bonchev–Trinajstić information content (AvgIpc) is 2.92. The summed E-state index contributed by atoms with van der Waals surface area (Å²) in [7, 11) is 0. The maximum atomic E-state index is 2.47. The fourth-order valence-electron chi connectivity index (χ4n) is 2.95. The Hall–Kier alpha value is -1.57. The lowest BCUT2D eigenvalue weighted by molar-refractivity contribution is -0.704. The summed E-state index contributed by atoms with van der Waals surface area (Å²) in [5.41, 5.74) is 1.38. The molecule has 0 atom stereocenters. The van der Waals surface area contributed by atoms with Crippen molar-refractivity contribution >= 4 is 0 Å². The van der Waals surface area contributed by atoms with Gasteiger partial charge in [0, 0.05) is 6.42 Å². The first-order chi connectivity index (χ1) is 10.8. The summed E-state index contributed by atoms with van der Waals surface area (Å²) < 4.78 is 4.91. The third kappa shape index (κ3) is 5.01. The fraction of sp³-hybridized carbons (Fsp3) is 0.550. The van der Waals surface area contributed by atoms with Crippen LogP contribution in [0.15, 0.2) is 42.7 Å². The molecule has 1 aromatic carbocycles. The van der Waals surface area contributed by atoms with Gasteiger partial charge in [-0.2, -0.15) is 0 Å². The predicted octanol–water partition coefficient (Wildman–Crippen LogP) is 4.75. The van der Waals surface area contributed by atoms with Gasteiger partial charge in [0.25, 0.3) is 5.82 Å². The van der Waals surface area contributed by atoms with Gasteiger partial charge in [0.15, 0.2) is 0 Å². The maximum Gasteiger partial charge on any atom is 0.256 e. The maximum absolute atomic E-state index is 2.47. The van der Waals surface area contributed by atoms with Gasteiger partial charge in [-0.15, -0.1) is 0 Å². The van der Waals surface area contributed by atoms with Crippen LogP contribution in [-0.2, 0) is 19.5 Å². The molecule has 0 saturated carbocycles. The van der Waals surface area contributed by atoms with E-state index in [1.165, 1.54) is 56.3 Å². The van der Waals surface area contributed by atoms with Gasteiger partial charge in [-0.3, -0.25) is 0 Å². The molecule has 0 bridgehead atoms. The third-order valence-electron chi connectivity index (χ3n) is 4.29. The molecule has 0 saturated heterocycles. The number of benzene rings is 1. The predicted molar refractivity (Wildman–Crippen MR) is 92.9 cm³/mol. The Morgan fingerprint density at radius 3 is 2.41 bits per heavy atom. The third-order valence-corrected chi connectivity index (χ3v) is 4.29. The van der Waals surface area contributed by atoms with Crippen molar-refractivity contribution in [3.63, 3.8) is 0 Å². The second-order valence-corrected chi connectivity index (χ2v) is 6.19. The summed E-state index contributed by atoms with van der Waals surface area (Å²) >= 11 is 0. The van der Waals surface area contributed by atoms with Crippen molar-refractivity contribution in [1.82, 2.24) is 4.57 Å². The molecule has 0 aliphatic heterocycles. The van der Waals surface area contributed by atoms with Crippen molar-refractivity contribution < 1.29 is 4.57 Å². The highest BCUT2D eigenvalue weighted by Gasteiger charge is 2.16. The zero-order chi connectivity index (χ0) is 15.6. The number of nitrogens with zero attached hydrogens (tertiary/aromatic N) is 2. The van der Waals surface area contributed by atoms with E-state index in [1.54, 1.807) is 0 Å². The van der Waals surface area contributed by atoms with E-state index < -0.39 is 0 Å². The van der Waals surface area contributed by atoms with Crippen LogP contribution in [0.1, 0.15) is 63.8 Å². The summed E-state index contributed by atoms with van der Waals surface area (Å²) in [5.74, 6) is 1.49. The van der Waals surface area contributed by atoms with Crippen molar-refractivity contribution in [3.8, 4) is 0 Å². The van der Waals surface area contributed by atoms with Gasteiger partial charge in [-0.25, -0.2) is 9.13 Å². The van der Waals surface area contributed by atoms with E-state index in [-0.39, 0.29) is 0 Å². The quantitative estimate of drug-likeness (QED) is 0.442. The van der Waals surface area contributed by atoms with Crippen molar-refractivity contribution in [1.29, 1.82) is 0 Å². The van der Waals surface area contributed by atoms with Gasteiger partial charge in [0.05, 0.1) is 6.54 Å².